The number of sulfonamides is 1. The Balaban J connectivity index is 1.51. The van der Waals surface area contributed by atoms with Crippen LogP contribution in [0.4, 0.5) is 5.69 Å². The molecule has 0 aliphatic carbocycles. The van der Waals surface area contributed by atoms with Crippen LogP contribution in [0.15, 0.2) is 60.0 Å². The van der Waals surface area contributed by atoms with Crippen LogP contribution in [0, 0.1) is 17.2 Å². The fraction of sp³-hybridized carbons (Fsp3) is 0.273. The number of benzene rings is 2. The monoisotopic (exact) mass is 425 g/mol. The largest absolute Gasteiger partial charge is 0.479 e. The van der Waals surface area contributed by atoms with Crippen LogP contribution < -0.4 is 10.1 Å². The van der Waals surface area contributed by atoms with Gasteiger partial charge in [0.15, 0.2) is 6.61 Å². The molecule has 156 valence electrons. The van der Waals surface area contributed by atoms with E-state index in [0.717, 1.165) is 5.56 Å². The summed E-state index contributed by atoms with van der Waals surface area (Å²) in [4.78, 5) is 12.5. The van der Waals surface area contributed by atoms with Crippen LogP contribution in [-0.2, 0) is 14.8 Å². The number of nitriles is 1. The number of anilines is 1. The minimum absolute atomic E-state index is 0.0340. The number of piperidine rings is 1. The molecule has 2 aromatic rings. The molecule has 1 aliphatic heterocycles. The Morgan fingerprint density at radius 1 is 1.13 bits per heavy atom. The maximum atomic E-state index is 12.5. The maximum Gasteiger partial charge on any atom is 0.236 e. The zero-order valence-corrected chi connectivity index (χ0v) is 17.2. The second-order valence-corrected chi connectivity index (χ2v) is 8.71. The van der Waals surface area contributed by atoms with E-state index >= 15 is 0 Å². The summed E-state index contributed by atoms with van der Waals surface area (Å²) in [5.74, 6) is 0.179. The summed E-state index contributed by atoms with van der Waals surface area (Å²) < 4.78 is 31.7. The molecule has 1 N–H and O–H groups in total. The van der Waals surface area contributed by atoms with Gasteiger partial charge < -0.3 is 10.1 Å². The second kappa shape index (κ2) is 10.1. The third-order valence-electron chi connectivity index (χ3n) is 4.84. The van der Waals surface area contributed by atoms with Crippen LogP contribution in [-0.4, -0.2) is 38.3 Å². The number of hydrogen-bond donors (Lipinski definition) is 1. The van der Waals surface area contributed by atoms with Crippen molar-refractivity contribution in [3.8, 4) is 11.8 Å². The predicted octanol–water partition coefficient (Wildman–Crippen LogP) is 3.24. The van der Waals surface area contributed by atoms with Crippen molar-refractivity contribution >= 4 is 27.7 Å². The number of rotatable bonds is 7. The fourth-order valence-electron chi connectivity index (χ4n) is 3.18. The van der Waals surface area contributed by atoms with E-state index in [2.05, 4.69) is 5.32 Å². The first-order valence-electron chi connectivity index (χ1n) is 9.62. The number of carbonyl (C=O) groups excluding carboxylic acids is 1. The minimum Gasteiger partial charge on any atom is -0.479 e. The van der Waals surface area contributed by atoms with Crippen LogP contribution in [0.2, 0.25) is 0 Å². The summed E-state index contributed by atoms with van der Waals surface area (Å²) in [6.45, 7) is 0.578. The molecule has 1 fully saturated rings. The van der Waals surface area contributed by atoms with Gasteiger partial charge in [-0.1, -0.05) is 30.3 Å². The van der Waals surface area contributed by atoms with Crippen LogP contribution >= 0.6 is 0 Å². The molecule has 0 bridgehead atoms. The highest BCUT2D eigenvalue weighted by molar-refractivity contribution is 7.92. The van der Waals surface area contributed by atoms with E-state index in [0.29, 0.717) is 37.4 Å². The normalized spacial score (nSPS) is 15.6. The van der Waals surface area contributed by atoms with Crippen LogP contribution in [0.5, 0.6) is 5.75 Å². The number of amides is 1. The number of carbonyl (C=O) groups is 1. The SMILES string of the molecule is N#CCOc1ccc(NC(=O)C2CCN(S(=O)(=O)/C=C/c3ccccc3)CC2)cc1. The molecule has 7 nitrogen and oxygen atoms in total. The Labute approximate surface area is 176 Å². The molecule has 0 radical (unpaired) electrons. The van der Waals surface area contributed by atoms with Gasteiger partial charge in [-0.3, -0.25) is 4.79 Å². The van der Waals surface area contributed by atoms with Crippen molar-refractivity contribution in [3.63, 3.8) is 0 Å². The van der Waals surface area contributed by atoms with Crippen molar-refractivity contribution in [1.29, 1.82) is 5.26 Å². The lowest BCUT2D eigenvalue weighted by Crippen LogP contribution is -2.40. The van der Waals surface area contributed by atoms with Crippen LogP contribution in [0.3, 0.4) is 0 Å². The Kier molecular flexibility index (Phi) is 7.22. The molecule has 8 heteroatoms. The van der Waals surface area contributed by atoms with Crippen LogP contribution in [0.25, 0.3) is 6.08 Å². The lowest BCUT2D eigenvalue weighted by molar-refractivity contribution is -0.120. The van der Waals surface area contributed by atoms with E-state index in [-0.39, 0.29) is 18.4 Å². The first-order valence-corrected chi connectivity index (χ1v) is 11.1. The van der Waals surface area contributed by atoms with Crippen molar-refractivity contribution in [2.75, 3.05) is 25.0 Å². The molecule has 0 spiro atoms. The average molecular weight is 426 g/mol. The zero-order chi connectivity index (χ0) is 21.4. The summed E-state index contributed by atoms with van der Waals surface area (Å²) in [6, 6.07) is 17.9. The highest BCUT2D eigenvalue weighted by Gasteiger charge is 2.30. The lowest BCUT2D eigenvalue weighted by atomic mass is 9.97. The van der Waals surface area contributed by atoms with E-state index in [1.54, 1.807) is 30.3 Å². The topological polar surface area (TPSA) is 99.5 Å². The zero-order valence-electron chi connectivity index (χ0n) is 16.4. The van der Waals surface area contributed by atoms with E-state index in [4.69, 9.17) is 10.00 Å². The summed E-state index contributed by atoms with van der Waals surface area (Å²) in [5.41, 5.74) is 1.45. The molecule has 1 amide bonds. The number of hydrogen-bond acceptors (Lipinski definition) is 5. The van der Waals surface area contributed by atoms with Gasteiger partial charge in [-0.2, -0.15) is 9.57 Å². The van der Waals surface area contributed by atoms with Gasteiger partial charge in [0, 0.05) is 30.1 Å². The summed E-state index contributed by atoms with van der Waals surface area (Å²) in [7, 11) is -3.52. The highest BCUT2D eigenvalue weighted by atomic mass is 32.2. The van der Waals surface area contributed by atoms with Crippen molar-refractivity contribution in [2.24, 2.45) is 5.92 Å². The van der Waals surface area contributed by atoms with Gasteiger partial charge in [-0.25, -0.2) is 8.42 Å². The van der Waals surface area contributed by atoms with Gasteiger partial charge >= 0.3 is 0 Å². The molecule has 30 heavy (non-hydrogen) atoms. The highest BCUT2D eigenvalue weighted by Crippen LogP contribution is 2.23. The summed E-state index contributed by atoms with van der Waals surface area (Å²) >= 11 is 0. The van der Waals surface area contributed by atoms with Crippen molar-refractivity contribution < 1.29 is 17.9 Å². The maximum absolute atomic E-state index is 12.5. The molecule has 1 aliphatic rings. The van der Waals surface area contributed by atoms with Gasteiger partial charge in [0.25, 0.3) is 0 Å². The molecular formula is C22H23N3O4S. The first-order chi connectivity index (χ1) is 14.5. The van der Waals surface area contributed by atoms with Gasteiger partial charge in [-0.15, -0.1) is 0 Å². The minimum atomic E-state index is -3.52. The molecule has 0 unspecified atom stereocenters. The van der Waals surface area contributed by atoms with Crippen molar-refractivity contribution in [3.05, 3.63) is 65.6 Å². The Morgan fingerprint density at radius 2 is 1.80 bits per heavy atom. The lowest BCUT2D eigenvalue weighted by Gasteiger charge is -2.29. The van der Waals surface area contributed by atoms with E-state index in [1.165, 1.54) is 9.71 Å². The van der Waals surface area contributed by atoms with Gasteiger partial charge in [-0.05, 0) is 48.7 Å². The molecular weight excluding hydrogens is 402 g/mol. The first kappa shape index (κ1) is 21.6. The van der Waals surface area contributed by atoms with E-state index in [1.807, 2.05) is 36.4 Å². The van der Waals surface area contributed by atoms with Gasteiger partial charge in [0.1, 0.15) is 11.8 Å². The predicted molar refractivity (Wildman–Crippen MR) is 115 cm³/mol. The van der Waals surface area contributed by atoms with Crippen molar-refractivity contribution in [1.82, 2.24) is 4.31 Å². The molecule has 2 aromatic carbocycles. The van der Waals surface area contributed by atoms with E-state index in [9.17, 15) is 13.2 Å². The Morgan fingerprint density at radius 3 is 2.43 bits per heavy atom. The molecule has 1 heterocycles. The quantitative estimate of drug-likeness (QED) is 0.734. The van der Waals surface area contributed by atoms with E-state index < -0.39 is 10.0 Å². The smallest absolute Gasteiger partial charge is 0.236 e. The number of nitrogens with zero attached hydrogens (tertiary/aromatic N) is 2. The standard InChI is InChI=1S/C22H23N3O4S/c23-13-16-29-21-8-6-20(7-9-21)24-22(26)19-10-14-25(15-11-19)30(27,28)17-12-18-4-2-1-3-5-18/h1-9,12,17,19H,10-11,14-16H2,(H,24,26)/b17-12+. The molecule has 0 atom stereocenters. The van der Waals surface area contributed by atoms with Gasteiger partial charge in [0.05, 0.1) is 0 Å². The fourth-order valence-corrected chi connectivity index (χ4v) is 4.40. The van der Waals surface area contributed by atoms with Gasteiger partial charge in [0.2, 0.25) is 15.9 Å². The summed E-state index contributed by atoms with van der Waals surface area (Å²) in [5, 5.41) is 12.6. The third-order valence-corrected chi connectivity index (χ3v) is 6.41. The average Bonchev–Trinajstić information content (AvgIpc) is 2.78. The number of ether oxygens (including phenoxy) is 1. The molecule has 0 aromatic heterocycles. The Hall–Kier alpha value is -3.15. The van der Waals surface area contributed by atoms with Crippen LogP contribution in [0.1, 0.15) is 18.4 Å². The Bertz CT molecular complexity index is 1020. The van der Waals surface area contributed by atoms with Crippen molar-refractivity contribution in [2.45, 2.75) is 12.8 Å². The summed E-state index contributed by atoms with van der Waals surface area (Å²) in [6.07, 6.45) is 2.51. The molecule has 0 saturated carbocycles. The second-order valence-electron chi connectivity index (χ2n) is 6.89. The third kappa shape index (κ3) is 5.92. The number of nitrogens with one attached hydrogen (secondary N) is 1. The molecule has 1 saturated heterocycles. The molecule has 3 rings (SSSR count).